The number of rotatable bonds is 2. The van der Waals surface area contributed by atoms with E-state index in [2.05, 4.69) is 4.98 Å². The van der Waals surface area contributed by atoms with Gasteiger partial charge in [0.1, 0.15) is 5.82 Å². The lowest BCUT2D eigenvalue weighted by molar-refractivity contribution is 0.577. The van der Waals surface area contributed by atoms with Gasteiger partial charge in [-0.15, -0.1) is 11.3 Å². The Bertz CT molecular complexity index is 434. The highest BCUT2D eigenvalue weighted by atomic mass is 32.1. The molecule has 2 aromatic heterocycles. The summed E-state index contributed by atoms with van der Waals surface area (Å²) in [6.07, 6.45) is 1.19. The van der Waals surface area contributed by atoms with Gasteiger partial charge in [0.2, 0.25) is 0 Å². The van der Waals surface area contributed by atoms with Crippen LogP contribution in [0.4, 0.5) is 4.39 Å². The average molecular weight is 222 g/mol. The second-order valence-corrected chi connectivity index (χ2v) is 4.49. The number of hydrogen-bond acceptors (Lipinski definition) is 3. The molecule has 0 aliphatic carbocycles. The zero-order valence-electron chi connectivity index (χ0n) is 8.27. The van der Waals surface area contributed by atoms with Crippen molar-refractivity contribution in [3.8, 4) is 0 Å². The first kappa shape index (κ1) is 10.3. The van der Waals surface area contributed by atoms with Crippen molar-refractivity contribution in [3.63, 3.8) is 0 Å². The maximum Gasteiger partial charge on any atom is 0.141 e. The standard InChI is InChI=1S/C11H11FN2S/c1-11(13,10-3-2-6-15-10)9-5-4-8(12)7-14-9/h2-7H,13H2,1H3. The van der Waals surface area contributed by atoms with E-state index in [-0.39, 0.29) is 5.82 Å². The van der Waals surface area contributed by atoms with Crippen LogP contribution in [0.2, 0.25) is 0 Å². The normalized spacial score (nSPS) is 14.9. The first-order valence-corrected chi connectivity index (χ1v) is 5.43. The summed E-state index contributed by atoms with van der Waals surface area (Å²) in [6.45, 7) is 1.87. The Balaban J connectivity index is 2.41. The molecule has 15 heavy (non-hydrogen) atoms. The number of nitrogens with zero attached hydrogens (tertiary/aromatic N) is 1. The summed E-state index contributed by atoms with van der Waals surface area (Å²) in [5.41, 5.74) is 6.20. The van der Waals surface area contributed by atoms with Crippen molar-refractivity contribution in [1.29, 1.82) is 0 Å². The van der Waals surface area contributed by atoms with Crippen LogP contribution in [0.3, 0.4) is 0 Å². The number of nitrogens with two attached hydrogens (primary N) is 1. The molecule has 0 fully saturated rings. The summed E-state index contributed by atoms with van der Waals surface area (Å²) < 4.78 is 12.7. The van der Waals surface area contributed by atoms with Gasteiger partial charge in [0.05, 0.1) is 17.4 Å². The predicted octanol–water partition coefficient (Wildman–Crippen LogP) is 2.50. The highest BCUT2D eigenvalue weighted by molar-refractivity contribution is 7.10. The van der Waals surface area contributed by atoms with Crippen LogP contribution < -0.4 is 5.73 Å². The van der Waals surface area contributed by atoms with Gasteiger partial charge in [-0.1, -0.05) is 6.07 Å². The summed E-state index contributed by atoms with van der Waals surface area (Å²) in [5, 5.41) is 1.96. The molecule has 2 N–H and O–H groups in total. The summed E-state index contributed by atoms with van der Waals surface area (Å²) in [6, 6.07) is 6.89. The Labute approximate surface area is 91.6 Å². The molecule has 1 unspecified atom stereocenters. The first-order chi connectivity index (χ1) is 7.10. The van der Waals surface area contributed by atoms with E-state index in [9.17, 15) is 4.39 Å². The second kappa shape index (κ2) is 3.72. The largest absolute Gasteiger partial charge is 0.316 e. The molecule has 1 atom stereocenters. The van der Waals surface area contributed by atoms with Crippen LogP contribution in [-0.4, -0.2) is 4.98 Å². The van der Waals surface area contributed by atoms with Crippen molar-refractivity contribution >= 4 is 11.3 Å². The Morgan fingerprint density at radius 1 is 1.40 bits per heavy atom. The number of halogens is 1. The molecular formula is C11H11FN2S. The maximum absolute atomic E-state index is 12.7. The third kappa shape index (κ3) is 1.91. The Hall–Kier alpha value is -1.26. The van der Waals surface area contributed by atoms with Crippen LogP contribution in [0.25, 0.3) is 0 Å². The molecular weight excluding hydrogens is 211 g/mol. The lowest BCUT2D eigenvalue weighted by atomic mass is 9.96. The van der Waals surface area contributed by atoms with Crippen molar-refractivity contribution in [2.45, 2.75) is 12.5 Å². The van der Waals surface area contributed by atoms with E-state index in [0.29, 0.717) is 5.69 Å². The summed E-state index contributed by atoms with van der Waals surface area (Å²) >= 11 is 1.57. The quantitative estimate of drug-likeness (QED) is 0.848. The van der Waals surface area contributed by atoms with Gasteiger partial charge in [0.15, 0.2) is 0 Å². The van der Waals surface area contributed by atoms with E-state index in [1.165, 1.54) is 12.3 Å². The lowest BCUT2D eigenvalue weighted by Gasteiger charge is -2.22. The lowest BCUT2D eigenvalue weighted by Crippen LogP contribution is -2.34. The number of pyridine rings is 1. The number of hydrogen-bond donors (Lipinski definition) is 1. The van der Waals surface area contributed by atoms with E-state index in [0.717, 1.165) is 4.88 Å². The van der Waals surface area contributed by atoms with E-state index < -0.39 is 5.54 Å². The molecule has 0 bridgehead atoms. The van der Waals surface area contributed by atoms with E-state index in [1.807, 2.05) is 24.4 Å². The van der Waals surface area contributed by atoms with Crippen LogP contribution in [0.1, 0.15) is 17.5 Å². The van der Waals surface area contributed by atoms with E-state index >= 15 is 0 Å². The van der Waals surface area contributed by atoms with Crippen molar-refractivity contribution < 1.29 is 4.39 Å². The van der Waals surface area contributed by atoms with Crippen molar-refractivity contribution in [3.05, 3.63) is 52.2 Å². The van der Waals surface area contributed by atoms with Crippen LogP contribution in [0.15, 0.2) is 35.8 Å². The number of aromatic nitrogens is 1. The molecule has 0 spiro atoms. The zero-order chi connectivity index (χ0) is 10.9. The average Bonchev–Trinajstić information content (AvgIpc) is 2.71. The minimum atomic E-state index is -0.651. The Kier molecular flexibility index (Phi) is 2.54. The molecule has 0 radical (unpaired) electrons. The van der Waals surface area contributed by atoms with Gasteiger partial charge in [-0.3, -0.25) is 4.98 Å². The van der Waals surface area contributed by atoms with Crippen LogP contribution >= 0.6 is 11.3 Å². The molecule has 2 nitrogen and oxygen atoms in total. The van der Waals surface area contributed by atoms with Crippen molar-refractivity contribution in [1.82, 2.24) is 4.98 Å². The van der Waals surface area contributed by atoms with Crippen molar-refractivity contribution in [2.75, 3.05) is 0 Å². The minimum absolute atomic E-state index is 0.347. The fourth-order valence-electron chi connectivity index (χ4n) is 1.38. The maximum atomic E-state index is 12.7. The van der Waals surface area contributed by atoms with Crippen LogP contribution in [0, 0.1) is 5.82 Å². The van der Waals surface area contributed by atoms with Gasteiger partial charge in [0, 0.05) is 4.88 Å². The van der Waals surface area contributed by atoms with Crippen molar-refractivity contribution in [2.24, 2.45) is 5.73 Å². The molecule has 78 valence electrons. The fraction of sp³-hybridized carbons (Fsp3) is 0.182. The highest BCUT2D eigenvalue weighted by Crippen LogP contribution is 2.28. The monoisotopic (exact) mass is 222 g/mol. The smallest absolute Gasteiger partial charge is 0.141 e. The van der Waals surface area contributed by atoms with E-state index in [4.69, 9.17) is 5.73 Å². The van der Waals surface area contributed by atoms with Gasteiger partial charge in [-0.05, 0) is 30.5 Å². The summed E-state index contributed by atoms with van der Waals surface area (Å²) in [7, 11) is 0. The molecule has 0 aromatic carbocycles. The molecule has 2 rings (SSSR count). The van der Waals surface area contributed by atoms with Gasteiger partial charge >= 0.3 is 0 Å². The predicted molar refractivity (Wildman–Crippen MR) is 59.2 cm³/mol. The Morgan fingerprint density at radius 2 is 2.20 bits per heavy atom. The molecule has 0 aliphatic rings. The van der Waals surface area contributed by atoms with Gasteiger partial charge < -0.3 is 5.73 Å². The Morgan fingerprint density at radius 3 is 2.73 bits per heavy atom. The third-order valence-corrected chi connectivity index (χ3v) is 3.40. The van der Waals surface area contributed by atoms with Crippen LogP contribution in [0.5, 0.6) is 0 Å². The van der Waals surface area contributed by atoms with E-state index in [1.54, 1.807) is 17.4 Å². The third-order valence-electron chi connectivity index (χ3n) is 2.29. The van der Waals surface area contributed by atoms with Crippen LogP contribution in [-0.2, 0) is 5.54 Å². The summed E-state index contributed by atoms with van der Waals surface area (Å²) in [4.78, 5) is 5.03. The molecule has 2 heterocycles. The molecule has 2 aromatic rings. The van der Waals surface area contributed by atoms with Gasteiger partial charge in [-0.25, -0.2) is 4.39 Å². The number of thiophene rings is 1. The second-order valence-electron chi connectivity index (χ2n) is 3.54. The SMILES string of the molecule is CC(N)(c1ccc(F)cn1)c1cccs1. The molecule has 0 saturated heterocycles. The molecule has 0 aliphatic heterocycles. The molecule has 0 amide bonds. The minimum Gasteiger partial charge on any atom is -0.316 e. The molecule has 4 heteroatoms. The van der Waals surface area contributed by atoms with Gasteiger partial charge in [0.25, 0.3) is 0 Å². The topological polar surface area (TPSA) is 38.9 Å². The fourth-order valence-corrected chi connectivity index (χ4v) is 2.19. The first-order valence-electron chi connectivity index (χ1n) is 4.55. The summed E-state index contributed by atoms with van der Waals surface area (Å²) in [5.74, 6) is -0.347. The zero-order valence-corrected chi connectivity index (χ0v) is 9.09. The molecule has 0 saturated carbocycles. The van der Waals surface area contributed by atoms with Gasteiger partial charge in [-0.2, -0.15) is 0 Å². The highest BCUT2D eigenvalue weighted by Gasteiger charge is 2.26.